The molecule has 8 heteroatoms. The van der Waals surface area contributed by atoms with E-state index in [-0.39, 0.29) is 11.3 Å². The normalized spacial score (nSPS) is 11.3. The molecule has 2 aromatic rings. The molecule has 0 atom stereocenters. The summed E-state index contributed by atoms with van der Waals surface area (Å²) in [6.45, 7) is 2.62. The summed E-state index contributed by atoms with van der Waals surface area (Å²) in [5.41, 5.74) is -0.242. The molecule has 30 heavy (non-hydrogen) atoms. The number of esters is 1. The van der Waals surface area contributed by atoms with Crippen molar-refractivity contribution in [3.63, 3.8) is 0 Å². The number of aryl methyl sites for hydroxylation is 1. The van der Waals surface area contributed by atoms with Crippen LogP contribution in [0.5, 0.6) is 0 Å². The summed E-state index contributed by atoms with van der Waals surface area (Å²) in [4.78, 5) is 28.0. The summed E-state index contributed by atoms with van der Waals surface area (Å²) in [7, 11) is 1.49. The molecule has 0 unspecified atom stereocenters. The summed E-state index contributed by atoms with van der Waals surface area (Å²) in [5, 5.41) is 7.54. The van der Waals surface area contributed by atoms with Crippen molar-refractivity contribution in [2.24, 2.45) is 7.05 Å². The largest absolute Gasteiger partial charge is 0.461 e. The molecule has 0 amide bonds. The van der Waals surface area contributed by atoms with Gasteiger partial charge in [-0.25, -0.2) is 19.0 Å². The third-order valence-corrected chi connectivity index (χ3v) is 5.42. The van der Waals surface area contributed by atoms with Gasteiger partial charge in [0, 0.05) is 7.05 Å². The lowest BCUT2D eigenvalue weighted by atomic mass is 10.0. The second-order valence-corrected chi connectivity index (χ2v) is 8.01. The van der Waals surface area contributed by atoms with E-state index in [2.05, 4.69) is 22.2 Å². The Balaban J connectivity index is 1.47. The van der Waals surface area contributed by atoms with Gasteiger partial charge in [0.05, 0.1) is 6.61 Å². The van der Waals surface area contributed by atoms with Crippen LogP contribution in [0.4, 0.5) is 0 Å². The maximum atomic E-state index is 12.2. The highest BCUT2D eigenvalue weighted by molar-refractivity contribution is 5.93. The molecule has 0 bridgehead atoms. The topological polar surface area (TPSA) is 91.4 Å². The molecule has 0 saturated carbocycles. The Bertz CT molecular complexity index is 815. The van der Waals surface area contributed by atoms with Gasteiger partial charge in [0.15, 0.2) is 11.3 Å². The summed E-state index contributed by atoms with van der Waals surface area (Å²) < 4.78 is 7.55. The van der Waals surface area contributed by atoms with Gasteiger partial charge in [-0.2, -0.15) is 4.68 Å². The van der Waals surface area contributed by atoms with Gasteiger partial charge in [0.1, 0.15) is 6.33 Å². The molecule has 0 radical (unpaired) electrons. The maximum absolute atomic E-state index is 12.2. The number of hydrogen-bond donors (Lipinski definition) is 0. The predicted octanol–water partition coefficient (Wildman–Crippen LogP) is 4.46. The summed E-state index contributed by atoms with van der Waals surface area (Å²) in [5.74, 6) is -0.560. The highest BCUT2D eigenvalue weighted by Crippen LogP contribution is 2.13. The lowest BCUT2D eigenvalue weighted by Crippen LogP contribution is -2.27. The molecule has 0 aliphatic carbocycles. The number of nitrogens with zero attached hydrogens (tertiary/aromatic N) is 5. The second kappa shape index (κ2) is 13.9. The van der Waals surface area contributed by atoms with Gasteiger partial charge in [-0.05, 0) is 6.42 Å². The number of aromatic nitrogens is 5. The minimum Gasteiger partial charge on any atom is -0.461 e. The van der Waals surface area contributed by atoms with E-state index in [1.807, 2.05) is 0 Å². The zero-order valence-corrected chi connectivity index (χ0v) is 18.6. The molecule has 0 N–H and O–H groups in total. The number of hydrogen-bond acceptors (Lipinski definition) is 6. The van der Waals surface area contributed by atoms with Crippen LogP contribution in [-0.2, 0) is 11.8 Å². The molecule has 2 aromatic heterocycles. The van der Waals surface area contributed by atoms with Crippen LogP contribution in [0.2, 0.25) is 0 Å². The quantitative estimate of drug-likeness (QED) is 0.295. The number of rotatable bonds is 16. The number of unbranched alkanes of at least 4 members (excludes halogenated alkanes) is 13. The first-order valence-corrected chi connectivity index (χ1v) is 11.6. The van der Waals surface area contributed by atoms with E-state index in [0.717, 1.165) is 17.5 Å². The van der Waals surface area contributed by atoms with Gasteiger partial charge < -0.3 is 4.74 Å². The van der Waals surface area contributed by atoms with Crippen LogP contribution in [0, 0.1) is 0 Å². The first kappa shape index (κ1) is 24.0. The maximum Gasteiger partial charge on any atom is 0.360 e. The molecule has 2 rings (SSSR count). The molecular weight excluding hydrogens is 382 g/mol. The fraction of sp³-hybridized carbons (Fsp3) is 0.773. The van der Waals surface area contributed by atoms with Crippen molar-refractivity contribution in [2.45, 2.75) is 96.8 Å². The van der Waals surface area contributed by atoms with Gasteiger partial charge in [0.25, 0.3) is 0 Å². The lowest BCUT2D eigenvalue weighted by molar-refractivity contribution is 0.0493. The van der Waals surface area contributed by atoms with E-state index < -0.39 is 11.7 Å². The van der Waals surface area contributed by atoms with Crippen LogP contribution < -0.4 is 5.69 Å². The van der Waals surface area contributed by atoms with Gasteiger partial charge in [0.2, 0.25) is 0 Å². The smallest absolute Gasteiger partial charge is 0.360 e. The van der Waals surface area contributed by atoms with E-state index >= 15 is 0 Å². The minimum absolute atomic E-state index is 0.0329. The Morgan fingerprint density at radius 2 is 1.43 bits per heavy atom. The number of carbonyl (C=O) groups excluding carboxylic acids is 1. The van der Waals surface area contributed by atoms with Crippen LogP contribution in [0.15, 0.2) is 11.1 Å². The van der Waals surface area contributed by atoms with Gasteiger partial charge in [-0.1, -0.05) is 95.6 Å². The van der Waals surface area contributed by atoms with E-state index in [9.17, 15) is 9.59 Å². The van der Waals surface area contributed by atoms with Crippen molar-refractivity contribution in [1.29, 1.82) is 0 Å². The third kappa shape index (κ3) is 7.88. The van der Waals surface area contributed by atoms with Crippen LogP contribution in [0.25, 0.3) is 5.65 Å². The van der Waals surface area contributed by atoms with Crippen molar-refractivity contribution in [1.82, 2.24) is 24.4 Å². The molecule has 168 valence electrons. The Morgan fingerprint density at radius 1 is 0.900 bits per heavy atom. The van der Waals surface area contributed by atoms with Crippen molar-refractivity contribution in [3.8, 4) is 0 Å². The number of imidazole rings is 1. The molecular formula is C22H37N5O3. The number of carbonyl (C=O) groups is 1. The van der Waals surface area contributed by atoms with Crippen LogP contribution in [-0.4, -0.2) is 37.0 Å². The summed E-state index contributed by atoms with van der Waals surface area (Å²) >= 11 is 0. The van der Waals surface area contributed by atoms with Crippen LogP contribution >= 0.6 is 0 Å². The monoisotopic (exact) mass is 419 g/mol. The Hall–Kier alpha value is -2.25. The number of ether oxygens (including phenoxy) is 1. The molecule has 0 fully saturated rings. The van der Waals surface area contributed by atoms with E-state index in [0.29, 0.717) is 6.61 Å². The first-order valence-electron chi connectivity index (χ1n) is 11.6. The lowest BCUT2D eigenvalue weighted by Gasteiger charge is -2.04. The Labute approximate surface area is 179 Å². The molecule has 0 saturated heterocycles. The van der Waals surface area contributed by atoms with E-state index in [4.69, 9.17) is 4.74 Å². The highest BCUT2D eigenvalue weighted by Gasteiger charge is 2.18. The third-order valence-electron chi connectivity index (χ3n) is 5.42. The second-order valence-electron chi connectivity index (χ2n) is 8.01. The van der Waals surface area contributed by atoms with Crippen molar-refractivity contribution >= 4 is 11.6 Å². The zero-order valence-electron chi connectivity index (χ0n) is 18.6. The van der Waals surface area contributed by atoms with Crippen LogP contribution in [0.3, 0.4) is 0 Å². The van der Waals surface area contributed by atoms with Crippen molar-refractivity contribution < 1.29 is 9.53 Å². The zero-order chi connectivity index (χ0) is 21.6. The van der Waals surface area contributed by atoms with E-state index in [1.165, 1.54) is 94.8 Å². The fourth-order valence-corrected chi connectivity index (χ4v) is 3.55. The first-order chi connectivity index (χ1) is 14.6. The SMILES string of the molecule is CCCCCCCCCCCCCCCCOC(=O)c1ncn2c(=O)n(C)nnc12. The molecule has 8 nitrogen and oxygen atoms in total. The Kier molecular flexibility index (Phi) is 11.1. The van der Waals surface area contributed by atoms with Crippen molar-refractivity contribution in [2.75, 3.05) is 6.61 Å². The van der Waals surface area contributed by atoms with Gasteiger partial charge in [-0.15, -0.1) is 5.10 Å². The summed E-state index contributed by atoms with van der Waals surface area (Å²) in [6, 6.07) is 0. The molecule has 0 aliphatic rings. The molecule has 2 heterocycles. The molecule has 0 aliphatic heterocycles. The average molecular weight is 420 g/mol. The Morgan fingerprint density at radius 3 is 2.00 bits per heavy atom. The summed E-state index contributed by atoms with van der Waals surface area (Å²) in [6.07, 6.45) is 19.2. The van der Waals surface area contributed by atoms with Crippen LogP contribution in [0.1, 0.15) is 107 Å². The minimum atomic E-state index is -0.560. The van der Waals surface area contributed by atoms with Gasteiger partial charge >= 0.3 is 11.7 Å². The molecule has 0 aromatic carbocycles. The average Bonchev–Trinajstić information content (AvgIpc) is 3.18. The predicted molar refractivity (Wildman–Crippen MR) is 117 cm³/mol. The fourth-order valence-electron chi connectivity index (χ4n) is 3.55. The highest BCUT2D eigenvalue weighted by atomic mass is 16.5. The molecule has 0 spiro atoms. The van der Waals surface area contributed by atoms with Gasteiger partial charge in [-0.3, -0.25) is 0 Å². The number of fused-ring (bicyclic) bond motifs is 1. The standard InChI is InChI=1S/C22H37N5O3/c1-3-4-5-6-7-8-9-10-11-12-13-14-15-16-17-30-21(28)19-20-24-25-26(2)22(29)27(20)18-23-19/h18H,3-17H2,1-2H3. The van der Waals surface area contributed by atoms with E-state index in [1.54, 1.807) is 0 Å². The van der Waals surface area contributed by atoms with Crippen molar-refractivity contribution in [3.05, 3.63) is 22.5 Å².